The van der Waals surface area contributed by atoms with Gasteiger partial charge in [0.25, 0.3) is 5.91 Å². The molecule has 2 aromatic carbocycles. The molecule has 31 heavy (non-hydrogen) atoms. The molecule has 2 aromatic rings. The zero-order chi connectivity index (χ0) is 22.7. The van der Waals surface area contributed by atoms with Gasteiger partial charge in [0.15, 0.2) is 0 Å². The molecule has 0 bridgehead atoms. The van der Waals surface area contributed by atoms with Gasteiger partial charge in [-0.15, -0.1) is 0 Å². The number of amides is 1. The maximum Gasteiger partial charge on any atom is 0.416 e. The molecule has 2 rings (SSSR count). The summed E-state index contributed by atoms with van der Waals surface area (Å²) >= 11 is 3.39. The molecule has 0 saturated heterocycles. The molecule has 0 aliphatic rings. The van der Waals surface area contributed by atoms with Gasteiger partial charge in [-0.1, -0.05) is 61.0 Å². The lowest BCUT2D eigenvalue weighted by Gasteiger charge is -2.10. The number of unbranched alkanes of at least 4 members (excludes halogenated alkanes) is 5. The summed E-state index contributed by atoms with van der Waals surface area (Å²) in [7, 11) is 0. The van der Waals surface area contributed by atoms with E-state index in [2.05, 4.69) is 33.4 Å². The van der Waals surface area contributed by atoms with E-state index in [0.717, 1.165) is 29.4 Å². The summed E-state index contributed by atoms with van der Waals surface area (Å²) in [6.07, 6.45) is 3.83. The zero-order valence-electron chi connectivity index (χ0n) is 17.3. The fourth-order valence-electron chi connectivity index (χ4n) is 2.88. The maximum atomic E-state index is 12.8. The normalized spacial score (nSPS) is 11.6. The molecule has 0 heterocycles. The number of rotatable bonds is 11. The first-order chi connectivity index (χ1) is 14.8. The average molecular weight is 499 g/mol. The Labute approximate surface area is 189 Å². The van der Waals surface area contributed by atoms with Crippen molar-refractivity contribution in [2.45, 2.75) is 51.6 Å². The molecule has 1 N–H and O–H groups in total. The Morgan fingerprint density at radius 2 is 1.84 bits per heavy atom. The number of halogens is 4. The van der Waals surface area contributed by atoms with E-state index in [1.807, 2.05) is 6.07 Å². The Hall–Kier alpha value is -2.35. The minimum Gasteiger partial charge on any atom is -0.493 e. The van der Waals surface area contributed by atoms with Crippen LogP contribution >= 0.6 is 15.9 Å². The Balaban J connectivity index is 1.94. The molecule has 0 aliphatic heterocycles. The molecule has 0 aromatic heterocycles. The number of hydrazone groups is 1. The first-order valence-electron chi connectivity index (χ1n) is 10.2. The second-order valence-corrected chi connectivity index (χ2v) is 7.99. The Kier molecular flexibility index (Phi) is 10.0. The highest BCUT2D eigenvalue weighted by molar-refractivity contribution is 9.10. The second kappa shape index (κ2) is 12.5. The van der Waals surface area contributed by atoms with Crippen molar-refractivity contribution in [3.63, 3.8) is 0 Å². The van der Waals surface area contributed by atoms with Crippen LogP contribution in [0.15, 0.2) is 52.0 Å². The largest absolute Gasteiger partial charge is 0.493 e. The van der Waals surface area contributed by atoms with Crippen molar-refractivity contribution in [3.8, 4) is 5.75 Å². The second-order valence-electron chi connectivity index (χ2n) is 7.08. The van der Waals surface area contributed by atoms with Gasteiger partial charge >= 0.3 is 6.18 Å². The van der Waals surface area contributed by atoms with E-state index in [4.69, 9.17) is 4.74 Å². The van der Waals surface area contributed by atoms with Crippen LogP contribution in [0.4, 0.5) is 13.2 Å². The number of ether oxygens (including phenoxy) is 1. The van der Waals surface area contributed by atoms with Gasteiger partial charge < -0.3 is 4.74 Å². The van der Waals surface area contributed by atoms with Crippen molar-refractivity contribution in [3.05, 3.63) is 63.6 Å². The van der Waals surface area contributed by atoms with Crippen molar-refractivity contribution >= 4 is 28.1 Å². The summed E-state index contributed by atoms with van der Waals surface area (Å²) < 4.78 is 45.1. The van der Waals surface area contributed by atoms with E-state index in [0.29, 0.717) is 17.9 Å². The van der Waals surface area contributed by atoms with Crippen molar-refractivity contribution < 1.29 is 22.7 Å². The molecule has 0 spiro atoms. The molecule has 0 saturated carbocycles. The van der Waals surface area contributed by atoms with Gasteiger partial charge in [-0.25, -0.2) is 5.43 Å². The van der Waals surface area contributed by atoms with Gasteiger partial charge in [0.05, 0.1) is 18.4 Å². The van der Waals surface area contributed by atoms with Gasteiger partial charge in [0.1, 0.15) is 5.75 Å². The van der Waals surface area contributed by atoms with Crippen LogP contribution in [-0.4, -0.2) is 18.7 Å². The standard InChI is InChI=1S/C23H26BrF3N2O2/c1-2-3-4-5-6-7-13-31-21-12-11-20(24)15-18(21)16-28-29-22(30)17-9-8-10-19(14-17)23(25,26)27/h8-12,14-16H,2-7,13H2,1H3,(H,29,30)/b28-16+. The third-order valence-electron chi connectivity index (χ3n) is 4.55. The fourth-order valence-corrected chi connectivity index (χ4v) is 3.26. The predicted octanol–water partition coefficient (Wildman–Crippen LogP) is 6.97. The number of nitrogens with zero attached hydrogens (tertiary/aromatic N) is 1. The van der Waals surface area contributed by atoms with Crippen LogP contribution in [0.5, 0.6) is 5.75 Å². The van der Waals surface area contributed by atoms with Crippen molar-refractivity contribution in [1.82, 2.24) is 5.43 Å². The highest BCUT2D eigenvalue weighted by Crippen LogP contribution is 2.29. The Morgan fingerprint density at radius 3 is 2.58 bits per heavy atom. The number of benzene rings is 2. The minimum absolute atomic E-state index is 0.124. The van der Waals surface area contributed by atoms with Crippen molar-refractivity contribution in [1.29, 1.82) is 0 Å². The smallest absolute Gasteiger partial charge is 0.416 e. The number of carbonyl (C=O) groups excluding carboxylic acids is 1. The van der Waals surface area contributed by atoms with Gasteiger partial charge in [-0.2, -0.15) is 18.3 Å². The lowest BCUT2D eigenvalue weighted by molar-refractivity contribution is -0.137. The van der Waals surface area contributed by atoms with Crippen LogP contribution in [-0.2, 0) is 6.18 Å². The minimum atomic E-state index is -4.52. The van der Waals surface area contributed by atoms with Crippen LogP contribution in [0.3, 0.4) is 0 Å². The molecule has 0 fully saturated rings. The SMILES string of the molecule is CCCCCCCCOc1ccc(Br)cc1/C=N/NC(=O)c1cccc(C(F)(F)F)c1. The topological polar surface area (TPSA) is 50.7 Å². The van der Waals surface area contributed by atoms with Gasteiger partial charge in [0.2, 0.25) is 0 Å². The monoisotopic (exact) mass is 498 g/mol. The Morgan fingerprint density at radius 1 is 1.10 bits per heavy atom. The summed E-state index contributed by atoms with van der Waals surface area (Å²) in [6.45, 7) is 2.76. The van der Waals surface area contributed by atoms with E-state index in [9.17, 15) is 18.0 Å². The van der Waals surface area contributed by atoms with Crippen molar-refractivity contribution in [2.75, 3.05) is 6.61 Å². The zero-order valence-corrected chi connectivity index (χ0v) is 18.9. The molecule has 168 valence electrons. The molecular weight excluding hydrogens is 473 g/mol. The van der Waals surface area contributed by atoms with Crippen LogP contribution in [0, 0.1) is 0 Å². The van der Waals surface area contributed by atoms with E-state index >= 15 is 0 Å². The summed E-state index contributed by atoms with van der Waals surface area (Å²) in [5.74, 6) is -0.110. The first-order valence-corrected chi connectivity index (χ1v) is 11.0. The number of nitrogens with one attached hydrogen (secondary N) is 1. The van der Waals surface area contributed by atoms with Gasteiger partial charge in [0, 0.05) is 15.6 Å². The lowest BCUT2D eigenvalue weighted by Crippen LogP contribution is -2.18. The van der Waals surface area contributed by atoms with E-state index in [1.165, 1.54) is 44.0 Å². The van der Waals surface area contributed by atoms with Crippen LogP contribution in [0.1, 0.15) is 66.9 Å². The lowest BCUT2D eigenvalue weighted by atomic mass is 10.1. The predicted molar refractivity (Wildman–Crippen MR) is 120 cm³/mol. The summed E-state index contributed by atoms with van der Waals surface area (Å²) in [5.41, 5.74) is 1.89. The highest BCUT2D eigenvalue weighted by atomic mass is 79.9. The Bertz CT molecular complexity index is 885. The summed E-state index contributed by atoms with van der Waals surface area (Å²) in [5, 5.41) is 3.88. The molecule has 0 aliphatic carbocycles. The third kappa shape index (κ3) is 8.73. The van der Waals surface area contributed by atoms with Crippen LogP contribution < -0.4 is 10.2 Å². The molecule has 0 unspecified atom stereocenters. The highest BCUT2D eigenvalue weighted by Gasteiger charge is 2.30. The van der Waals surface area contributed by atoms with E-state index < -0.39 is 17.6 Å². The van der Waals surface area contributed by atoms with Crippen LogP contribution in [0.2, 0.25) is 0 Å². The maximum absolute atomic E-state index is 12.8. The first kappa shape index (κ1) is 24.9. The van der Waals surface area contributed by atoms with Gasteiger partial charge in [-0.05, 0) is 42.8 Å². The number of hydrogen-bond donors (Lipinski definition) is 1. The average Bonchev–Trinajstić information content (AvgIpc) is 2.73. The van der Waals surface area contributed by atoms with E-state index in [-0.39, 0.29) is 5.56 Å². The van der Waals surface area contributed by atoms with Crippen molar-refractivity contribution in [2.24, 2.45) is 5.10 Å². The van der Waals surface area contributed by atoms with Crippen LogP contribution in [0.25, 0.3) is 0 Å². The summed E-state index contributed by atoms with van der Waals surface area (Å²) in [4.78, 5) is 12.2. The molecule has 0 atom stereocenters. The molecule has 1 amide bonds. The third-order valence-corrected chi connectivity index (χ3v) is 5.04. The number of hydrogen-bond acceptors (Lipinski definition) is 3. The number of alkyl halides is 3. The summed E-state index contributed by atoms with van der Waals surface area (Å²) in [6, 6.07) is 9.62. The molecule has 8 heteroatoms. The molecule has 4 nitrogen and oxygen atoms in total. The van der Waals surface area contributed by atoms with Gasteiger partial charge in [-0.3, -0.25) is 4.79 Å². The number of carbonyl (C=O) groups is 1. The molecular formula is C23H26BrF3N2O2. The van der Waals surface area contributed by atoms with E-state index in [1.54, 1.807) is 12.1 Å². The molecule has 0 radical (unpaired) electrons. The quantitative estimate of drug-likeness (QED) is 0.206. The fraction of sp³-hybridized carbons (Fsp3) is 0.391.